The molecule has 0 saturated carbocycles. The highest BCUT2D eigenvalue weighted by molar-refractivity contribution is 5.91. The molecule has 2 saturated heterocycles. The van der Waals surface area contributed by atoms with Crippen LogP contribution in [0.4, 0.5) is 15.9 Å². The van der Waals surface area contributed by atoms with Crippen LogP contribution in [0, 0.1) is 25.2 Å². The van der Waals surface area contributed by atoms with Crippen molar-refractivity contribution in [2.45, 2.75) is 83.8 Å². The number of hydrogen-bond acceptors (Lipinski definition) is 8. The third-order valence-corrected chi connectivity index (χ3v) is 11.3. The third kappa shape index (κ3) is 6.44. The van der Waals surface area contributed by atoms with E-state index in [1.54, 1.807) is 0 Å². The van der Waals surface area contributed by atoms with Crippen LogP contribution in [-0.2, 0) is 30.6 Å². The number of amides is 1. The Labute approximate surface area is 295 Å². The first-order valence-electron chi connectivity index (χ1n) is 18.2. The number of likely N-dealkylation sites (tertiary alicyclic amines) is 1. The number of likely N-dealkylation sites (N-methyl/N-ethyl adjacent to an activating group) is 1. The van der Waals surface area contributed by atoms with E-state index in [9.17, 15) is 14.4 Å². The molecule has 262 valence electrons. The van der Waals surface area contributed by atoms with Crippen molar-refractivity contribution in [3.8, 4) is 23.1 Å². The summed E-state index contributed by atoms with van der Waals surface area (Å²) in [7, 11) is 2.16. The molecule has 0 radical (unpaired) electrons. The van der Waals surface area contributed by atoms with Gasteiger partial charge < -0.3 is 24.3 Å². The molecule has 1 amide bonds. The molecule has 4 aliphatic rings. The van der Waals surface area contributed by atoms with E-state index in [1.807, 2.05) is 6.20 Å². The molecule has 50 heavy (non-hydrogen) atoms. The quantitative estimate of drug-likeness (QED) is 0.265. The lowest BCUT2D eigenvalue weighted by molar-refractivity contribution is -0.131. The fourth-order valence-electron chi connectivity index (χ4n) is 8.66. The van der Waals surface area contributed by atoms with Crippen LogP contribution < -0.4 is 14.5 Å². The van der Waals surface area contributed by atoms with Gasteiger partial charge in [0.15, 0.2) is 5.83 Å². The van der Waals surface area contributed by atoms with E-state index in [4.69, 9.17) is 14.7 Å². The number of hydrogen-bond donors (Lipinski definition) is 0. The highest BCUT2D eigenvalue weighted by Gasteiger charge is 2.37. The number of ether oxygens (including phenoxy) is 1. The molecule has 10 heteroatoms. The zero-order chi connectivity index (χ0) is 34.9. The van der Waals surface area contributed by atoms with Gasteiger partial charge in [-0.15, -0.1) is 0 Å². The number of aryl methyl sites for hydroxylation is 3. The second kappa shape index (κ2) is 14.4. The van der Waals surface area contributed by atoms with E-state index in [0.29, 0.717) is 38.2 Å². The Morgan fingerprint density at radius 2 is 1.84 bits per heavy atom. The van der Waals surface area contributed by atoms with Crippen LogP contribution in [0.5, 0.6) is 5.88 Å². The Hall–Kier alpha value is -4.49. The summed E-state index contributed by atoms with van der Waals surface area (Å²) in [6.07, 6.45) is 9.63. The number of carbonyl (C=O) groups is 1. The molecule has 2 fully saturated rings. The van der Waals surface area contributed by atoms with Crippen molar-refractivity contribution in [1.82, 2.24) is 19.8 Å². The first-order valence-corrected chi connectivity index (χ1v) is 18.2. The van der Waals surface area contributed by atoms with Crippen LogP contribution in [0.15, 0.2) is 42.9 Å². The molecule has 5 heterocycles. The normalized spacial score (nSPS) is 20.7. The van der Waals surface area contributed by atoms with Gasteiger partial charge in [0.2, 0.25) is 5.88 Å². The number of rotatable bonds is 8. The minimum atomic E-state index is -1.00. The maximum atomic E-state index is 14.1. The van der Waals surface area contributed by atoms with Gasteiger partial charge >= 0.3 is 0 Å². The van der Waals surface area contributed by atoms with Crippen molar-refractivity contribution in [3.63, 3.8) is 0 Å². The molecule has 0 unspecified atom stereocenters. The molecule has 3 aliphatic heterocycles. The Kier molecular flexibility index (Phi) is 9.78. The van der Waals surface area contributed by atoms with Crippen LogP contribution in [0.1, 0.15) is 65.6 Å². The summed E-state index contributed by atoms with van der Waals surface area (Å²) in [6, 6.07) is 10.9. The van der Waals surface area contributed by atoms with Crippen LogP contribution in [0.25, 0.3) is 11.1 Å². The van der Waals surface area contributed by atoms with E-state index < -0.39 is 17.8 Å². The maximum absolute atomic E-state index is 14.1. The Bertz CT molecular complexity index is 1820. The molecule has 0 bridgehead atoms. The van der Waals surface area contributed by atoms with Crippen LogP contribution in [0.3, 0.4) is 0 Å². The zero-order valence-electron chi connectivity index (χ0n) is 29.7. The minimum Gasteiger partial charge on any atom is -0.475 e. The third-order valence-electron chi connectivity index (χ3n) is 11.3. The highest BCUT2D eigenvalue weighted by Crippen LogP contribution is 2.45. The molecule has 1 aliphatic carbocycles. The summed E-state index contributed by atoms with van der Waals surface area (Å²) < 4.78 is 20.9. The van der Waals surface area contributed by atoms with Gasteiger partial charge in [-0.1, -0.05) is 18.7 Å². The monoisotopic (exact) mass is 677 g/mol. The van der Waals surface area contributed by atoms with E-state index >= 15 is 0 Å². The largest absolute Gasteiger partial charge is 0.475 e. The summed E-state index contributed by atoms with van der Waals surface area (Å²) in [6.45, 7) is 11.7. The summed E-state index contributed by atoms with van der Waals surface area (Å²) in [5, 5.41) is 9.71. The second-order valence-electron chi connectivity index (χ2n) is 14.4. The number of piperazine rings is 1. The molecule has 0 spiro atoms. The molecule has 1 aromatic carbocycles. The fraction of sp³-hybridized carbons (Fsp3) is 0.500. The van der Waals surface area contributed by atoms with Crippen LogP contribution >= 0.6 is 0 Å². The van der Waals surface area contributed by atoms with E-state index in [2.05, 4.69) is 72.5 Å². The molecular weight excluding hydrogens is 629 g/mol. The average Bonchev–Trinajstić information content (AvgIpc) is 3.54. The molecule has 9 nitrogen and oxygen atoms in total. The molecule has 0 N–H and O–H groups in total. The predicted octanol–water partition coefficient (Wildman–Crippen LogP) is 6.09. The number of benzene rings is 1. The van der Waals surface area contributed by atoms with E-state index in [-0.39, 0.29) is 13.0 Å². The Morgan fingerprint density at radius 1 is 1.00 bits per heavy atom. The molecule has 3 aromatic rings. The Morgan fingerprint density at radius 3 is 2.60 bits per heavy atom. The first kappa shape index (κ1) is 34.0. The molecule has 2 aromatic heterocycles. The minimum absolute atomic E-state index is 0.0914. The topological polar surface area (TPSA) is 88.8 Å². The molecule has 2 atom stereocenters. The van der Waals surface area contributed by atoms with Crippen molar-refractivity contribution in [2.75, 3.05) is 56.2 Å². The van der Waals surface area contributed by atoms with Gasteiger partial charge in [-0.3, -0.25) is 9.78 Å². The number of anilines is 2. The van der Waals surface area contributed by atoms with Crippen LogP contribution in [-0.4, -0.2) is 84.1 Å². The van der Waals surface area contributed by atoms with Gasteiger partial charge in [-0.05, 0) is 107 Å². The van der Waals surface area contributed by atoms with Crippen molar-refractivity contribution in [2.24, 2.45) is 0 Å². The maximum Gasteiger partial charge on any atom is 0.282 e. The summed E-state index contributed by atoms with van der Waals surface area (Å²) in [5.41, 5.74) is 10.8. The molecular formula is C40H48FN7O2. The average molecular weight is 678 g/mol. The fourth-order valence-corrected chi connectivity index (χ4v) is 8.66. The van der Waals surface area contributed by atoms with Gasteiger partial charge in [-0.25, -0.2) is 4.39 Å². The van der Waals surface area contributed by atoms with Crippen LogP contribution in [0.2, 0.25) is 0 Å². The first-order chi connectivity index (χ1) is 24.2. The number of pyridine rings is 2. The lowest BCUT2D eigenvalue weighted by Gasteiger charge is -2.43. The SMILES string of the molecule is C=C(F)C(=O)N1CCN(c2nc(OC[C@@H]3CCCN3C)c(-c3c(C)ccnc3C)c3c2CCN(c2cccc4c2CCCC4)C3)C[C@@H]1CC#N. The summed E-state index contributed by atoms with van der Waals surface area (Å²) in [5.74, 6) is -0.312. The predicted molar refractivity (Wildman–Crippen MR) is 194 cm³/mol. The van der Waals surface area contributed by atoms with Crippen molar-refractivity contribution >= 4 is 17.4 Å². The summed E-state index contributed by atoms with van der Waals surface area (Å²) in [4.78, 5) is 31.4. The lowest BCUT2D eigenvalue weighted by atomic mass is 9.87. The number of fused-ring (bicyclic) bond motifs is 2. The Balaban J connectivity index is 1.37. The van der Waals surface area contributed by atoms with Gasteiger partial charge in [0, 0.05) is 67.5 Å². The van der Waals surface area contributed by atoms with Crippen molar-refractivity contribution in [1.29, 1.82) is 5.26 Å². The lowest BCUT2D eigenvalue weighted by Crippen LogP contribution is -2.55. The number of aromatic nitrogens is 2. The highest BCUT2D eigenvalue weighted by atomic mass is 19.1. The number of nitriles is 1. The van der Waals surface area contributed by atoms with Crippen molar-refractivity contribution < 1.29 is 13.9 Å². The standard InChI is InChI=1S/C40H48FN7O2/c1-26-15-18-43-28(3)36(26)37-34-24-46(35-13-7-10-29-9-5-6-12-32(29)35)20-16-33(34)38(44-39(37)50-25-31-11-8-19-45(31)4)47-21-22-48(40(49)27(2)41)30(23-47)14-17-42/h7,10,13,15,18,30-31H,2,5-6,8-9,11-12,14,16,19-25H2,1,3-4H3/t30-,31-/m0/s1. The number of carbonyl (C=O) groups excluding carboxylic acids is 1. The second-order valence-corrected chi connectivity index (χ2v) is 14.4. The number of halogens is 1. The van der Waals surface area contributed by atoms with Gasteiger partial charge in [-0.2, -0.15) is 10.2 Å². The number of nitrogens with zero attached hydrogens (tertiary/aromatic N) is 7. The van der Waals surface area contributed by atoms with Gasteiger partial charge in [0.05, 0.1) is 24.1 Å². The van der Waals surface area contributed by atoms with Gasteiger partial charge in [0.1, 0.15) is 12.4 Å². The zero-order valence-corrected chi connectivity index (χ0v) is 29.7. The smallest absolute Gasteiger partial charge is 0.282 e. The van der Waals surface area contributed by atoms with Crippen molar-refractivity contribution in [3.05, 3.63) is 76.4 Å². The van der Waals surface area contributed by atoms with E-state index in [1.165, 1.54) is 45.7 Å². The van der Waals surface area contributed by atoms with E-state index in [0.717, 1.165) is 73.4 Å². The molecule has 7 rings (SSSR count). The summed E-state index contributed by atoms with van der Waals surface area (Å²) >= 11 is 0. The van der Waals surface area contributed by atoms with Gasteiger partial charge in [0.25, 0.3) is 5.91 Å².